The summed E-state index contributed by atoms with van der Waals surface area (Å²) in [6, 6.07) is 9.16. The molecule has 4 nitrogen and oxygen atoms in total. The first-order chi connectivity index (χ1) is 7.36. The highest BCUT2D eigenvalue weighted by molar-refractivity contribution is 5.93. The third kappa shape index (κ3) is 2.57. The fourth-order valence-corrected chi connectivity index (χ4v) is 1.36. The van der Waals surface area contributed by atoms with E-state index in [0.717, 1.165) is 6.54 Å². The molecule has 0 atom stereocenters. The highest BCUT2D eigenvalue weighted by Gasteiger charge is 2.08. The van der Waals surface area contributed by atoms with Gasteiger partial charge in [-0.15, -0.1) is 0 Å². The Morgan fingerprint density at radius 2 is 2.13 bits per heavy atom. The van der Waals surface area contributed by atoms with E-state index >= 15 is 0 Å². The smallest absolute Gasteiger partial charge is 0.269 e. The van der Waals surface area contributed by atoms with Gasteiger partial charge in [-0.05, 0) is 12.1 Å². The molecular weight excluding hydrogens is 190 g/mol. The summed E-state index contributed by atoms with van der Waals surface area (Å²) in [5, 5.41) is 4.84. The molecule has 0 aliphatic carbocycles. The molecule has 0 bridgehead atoms. The Hall–Kier alpha value is -1.81. The minimum Gasteiger partial charge on any atom is -0.295 e. The predicted octanol–water partition coefficient (Wildman–Crippen LogP) is 0.708. The SMILES string of the molecule is O=C(NN1C=CCNC1)c1ccccc1. The highest BCUT2D eigenvalue weighted by Crippen LogP contribution is 1.99. The lowest BCUT2D eigenvalue weighted by atomic mass is 10.2. The van der Waals surface area contributed by atoms with Gasteiger partial charge in [-0.25, -0.2) is 0 Å². The second-order valence-corrected chi connectivity index (χ2v) is 3.27. The largest absolute Gasteiger partial charge is 0.295 e. The Morgan fingerprint density at radius 1 is 1.33 bits per heavy atom. The number of nitrogens with zero attached hydrogens (tertiary/aromatic N) is 1. The molecule has 0 radical (unpaired) electrons. The van der Waals surface area contributed by atoms with Crippen molar-refractivity contribution < 1.29 is 4.79 Å². The van der Waals surface area contributed by atoms with Crippen molar-refractivity contribution in [1.29, 1.82) is 0 Å². The molecule has 2 N–H and O–H groups in total. The van der Waals surface area contributed by atoms with E-state index < -0.39 is 0 Å². The molecule has 1 aromatic rings. The average molecular weight is 203 g/mol. The molecule has 15 heavy (non-hydrogen) atoms. The first-order valence-corrected chi connectivity index (χ1v) is 4.86. The molecule has 0 saturated carbocycles. The molecule has 0 spiro atoms. The summed E-state index contributed by atoms with van der Waals surface area (Å²) < 4.78 is 0. The minimum atomic E-state index is -0.0936. The van der Waals surface area contributed by atoms with Crippen molar-refractivity contribution in [3.63, 3.8) is 0 Å². The van der Waals surface area contributed by atoms with Crippen LogP contribution in [-0.2, 0) is 0 Å². The zero-order valence-electron chi connectivity index (χ0n) is 8.31. The van der Waals surface area contributed by atoms with Gasteiger partial charge in [-0.2, -0.15) is 0 Å². The summed E-state index contributed by atoms with van der Waals surface area (Å²) in [5.74, 6) is -0.0936. The van der Waals surface area contributed by atoms with Crippen molar-refractivity contribution in [2.45, 2.75) is 0 Å². The Balaban J connectivity index is 1.98. The van der Waals surface area contributed by atoms with Crippen molar-refractivity contribution >= 4 is 5.91 Å². The maximum atomic E-state index is 11.7. The third-order valence-electron chi connectivity index (χ3n) is 2.11. The number of hydrogen-bond donors (Lipinski definition) is 2. The van der Waals surface area contributed by atoms with Gasteiger partial charge in [-0.1, -0.05) is 24.3 Å². The molecule has 1 amide bonds. The summed E-state index contributed by atoms with van der Waals surface area (Å²) in [4.78, 5) is 11.7. The number of rotatable bonds is 2. The van der Waals surface area contributed by atoms with Gasteiger partial charge in [0.25, 0.3) is 5.91 Å². The van der Waals surface area contributed by atoms with Gasteiger partial charge in [0, 0.05) is 18.3 Å². The molecule has 1 heterocycles. The van der Waals surface area contributed by atoms with E-state index in [4.69, 9.17) is 0 Å². The summed E-state index contributed by atoms with van der Waals surface area (Å²) in [6.45, 7) is 1.48. The van der Waals surface area contributed by atoms with Gasteiger partial charge in [0.2, 0.25) is 0 Å². The Labute approximate surface area is 88.6 Å². The molecular formula is C11H13N3O. The molecule has 0 unspecified atom stereocenters. The number of amides is 1. The van der Waals surface area contributed by atoms with Crippen LogP contribution in [0.2, 0.25) is 0 Å². The normalized spacial score (nSPS) is 15.1. The van der Waals surface area contributed by atoms with Crippen LogP contribution in [0.5, 0.6) is 0 Å². The van der Waals surface area contributed by atoms with Crippen LogP contribution in [0, 0.1) is 0 Å². The summed E-state index contributed by atoms with van der Waals surface area (Å²) in [7, 11) is 0. The Bertz CT molecular complexity index is 361. The molecule has 78 valence electrons. The summed E-state index contributed by atoms with van der Waals surface area (Å²) in [6.07, 6.45) is 3.81. The van der Waals surface area contributed by atoms with Crippen LogP contribution in [-0.4, -0.2) is 24.1 Å². The van der Waals surface area contributed by atoms with Gasteiger partial charge in [0.1, 0.15) is 0 Å². The van der Waals surface area contributed by atoms with Gasteiger partial charge in [0.15, 0.2) is 0 Å². The van der Waals surface area contributed by atoms with Crippen LogP contribution >= 0.6 is 0 Å². The van der Waals surface area contributed by atoms with Crippen molar-refractivity contribution in [3.8, 4) is 0 Å². The van der Waals surface area contributed by atoms with Crippen LogP contribution in [0.4, 0.5) is 0 Å². The first kappa shape index (κ1) is 9.73. The van der Waals surface area contributed by atoms with Gasteiger partial charge in [-0.3, -0.25) is 20.5 Å². The minimum absolute atomic E-state index is 0.0936. The Morgan fingerprint density at radius 3 is 2.80 bits per heavy atom. The number of benzene rings is 1. The number of hydrazine groups is 1. The molecule has 0 fully saturated rings. The van der Waals surface area contributed by atoms with Crippen LogP contribution in [0.3, 0.4) is 0 Å². The lowest BCUT2D eigenvalue weighted by Gasteiger charge is -2.24. The number of carbonyl (C=O) groups excluding carboxylic acids is 1. The van der Waals surface area contributed by atoms with E-state index in [1.807, 2.05) is 30.5 Å². The lowest BCUT2D eigenvalue weighted by Crippen LogP contribution is -2.45. The van der Waals surface area contributed by atoms with E-state index in [1.165, 1.54) is 0 Å². The summed E-state index contributed by atoms with van der Waals surface area (Å²) >= 11 is 0. The monoisotopic (exact) mass is 203 g/mol. The van der Waals surface area contributed by atoms with E-state index in [-0.39, 0.29) is 5.91 Å². The second-order valence-electron chi connectivity index (χ2n) is 3.27. The van der Waals surface area contributed by atoms with E-state index in [2.05, 4.69) is 10.7 Å². The van der Waals surface area contributed by atoms with Gasteiger partial charge < -0.3 is 0 Å². The summed E-state index contributed by atoms with van der Waals surface area (Å²) in [5.41, 5.74) is 3.44. The lowest BCUT2D eigenvalue weighted by molar-refractivity contribution is 0.0839. The molecule has 0 saturated heterocycles. The van der Waals surface area contributed by atoms with Gasteiger partial charge >= 0.3 is 0 Å². The second kappa shape index (κ2) is 4.61. The zero-order chi connectivity index (χ0) is 10.5. The fraction of sp³-hybridized carbons (Fsp3) is 0.182. The standard InChI is InChI=1S/C11H13N3O/c15-11(10-5-2-1-3-6-10)13-14-8-4-7-12-9-14/h1-6,8,12H,7,9H2,(H,13,15). The van der Waals surface area contributed by atoms with Crippen molar-refractivity contribution in [3.05, 3.63) is 48.2 Å². The average Bonchev–Trinajstić information content (AvgIpc) is 2.31. The van der Waals surface area contributed by atoms with E-state index in [0.29, 0.717) is 12.2 Å². The van der Waals surface area contributed by atoms with Crippen LogP contribution in [0.1, 0.15) is 10.4 Å². The quantitative estimate of drug-likeness (QED) is 0.744. The number of carbonyl (C=O) groups is 1. The van der Waals surface area contributed by atoms with Crippen molar-refractivity contribution in [2.24, 2.45) is 0 Å². The molecule has 1 aromatic carbocycles. The maximum Gasteiger partial charge on any atom is 0.269 e. The topological polar surface area (TPSA) is 44.4 Å². The molecule has 0 aromatic heterocycles. The highest BCUT2D eigenvalue weighted by atomic mass is 16.2. The predicted molar refractivity (Wildman–Crippen MR) is 57.8 cm³/mol. The molecule has 4 heteroatoms. The van der Waals surface area contributed by atoms with E-state index in [1.54, 1.807) is 17.1 Å². The van der Waals surface area contributed by atoms with E-state index in [9.17, 15) is 4.79 Å². The molecule has 2 rings (SSSR count). The molecule has 1 aliphatic rings. The van der Waals surface area contributed by atoms with Crippen molar-refractivity contribution in [2.75, 3.05) is 13.2 Å². The third-order valence-corrected chi connectivity index (χ3v) is 2.11. The van der Waals surface area contributed by atoms with Crippen molar-refractivity contribution in [1.82, 2.24) is 15.8 Å². The zero-order valence-corrected chi connectivity index (χ0v) is 8.31. The van der Waals surface area contributed by atoms with Crippen LogP contribution in [0.15, 0.2) is 42.6 Å². The number of hydrogen-bond acceptors (Lipinski definition) is 3. The van der Waals surface area contributed by atoms with Crippen LogP contribution < -0.4 is 10.7 Å². The number of nitrogens with one attached hydrogen (secondary N) is 2. The fourth-order valence-electron chi connectivity index (χ4n) is 1.36. The maximum absolute atomic E-state index is 11.7. The Kier molecular flexibility index (Phi) is 2.99. The van der Waals surface area contributed by atoms with Crippen LogP contribution in [0.25, 0.3) is 0 Å². The first-order valence-electron chi connectivity index (χ1n) is 4.86. The van der Waals surface area contributed by atoms with Gasteiger partial charge in [0.05, 0.1) is 6.67 Å². The molecule has 1 aliphatic heterocycles.